The zero-order valence-corrected chi connectivity index (χ0v) is 14.3. The number of carbonyl (C=O) groups is 1. The summed E-state index contributed by atoms with van der Waals surface area (Å²) in [6, 6.07) is 1.49. The number of hydrogen-bond donors (Lipinski definition) is 1. The standard InChI is InChI=1S/C16H16N6O2S/c1-10-8-12(20-15(19-10)21-6-3-17-9-21)13-11(14-18-4-7-25-14)2-5-22(13)16(23)24/h3-4,6-9,11,13H,2,5H2,1H3,(H,23,24). The van der Waals surface area contributed by atoms with Gasteiger partial charge >= 0.3 is 6.09 Å². The zero-order chi connectivity index (χ0) is 17.4. The SMILES string of the molecule is Cc1cc(C2C(c3nccs3)CCN2C(=O)O)nc(-n2ccnc2)n1. The van der Waals surface area contributed by atoms with Crippen molar-refractivity contribution < 1.29 is 9.90 Å². The molecule has 1 amide bonds. The number of likely N-dealkylation sites (tertiary alicyclic amines) is 1. The van der Waals surface area contributed by atoms with Crippen LogP contribution >= 0.6 is 11.3 Å². The molecule has 25 heavy (non-hydrogen) atoms. The van der Waals surface area contributed by atoms with Gasteiger partial charge in [-0.3, -0.25) is 9.47 Å². The van der Waals surface area contributed by atoms with Crippen molar-refractivity contribution >= 4 is 17.4 Å². The van der Waals surface area contributed by atoms with Crippen LogP contribution in [0.3, 0.4) is 0 Å². The van der Waals surface area contributed by atoms with Crippen molar-refractivity contribution in [3.63, 3.8) is 0 Å². The summed E-state index contributed by atoms with van der Waals surface area (Å²) in [7, 11) is 0. The van der Waals surface area contributed by atoms with E-state index in [1.165, 1.54) is 4.90 Å². The number of thiazole rings is 1. The smallest absolute Gasteiger partial charge is 0.407 e. The third-order valence-corrected chi connectivity index (χ3v) is 5.22. The van der Waals surface area contributed by atoms with Crippen molar-refractivity contribution in [3.05, 3.63) is 52.8 Å². The average Bonchev–Trinajstić information content (AvgIpc) is 3.32. The van der Waals surface area contributed by atoms with Gasteiger partial charge in [-0.05, 0) is 19.4 Å². The quantitative estimate of drug-likeness (QED) is 0.775. The molecule has 1 saturated heterocycles. The van der Waals surface area contributed by atoms with Gasteiger partial charge in [-0.15, -0.1) is 11.3 Å². The molecule has 8 nitrogen and oxygen atoms in total. The second-order valence-corrected chi connectivity index (χ2v) is 6.82. The summed E-state index contributed by atoms with van der Waals surface area (Å²) in [5, 5.41) is 12.5. The maximum absolute atomic E-state index is 11.7. The summed E-state index contributed by atoms with van der Waals surface area (Å²) >= 11 is 1.55. The first-order chi connectivity index (χ1) is 12.1. The molecular weight excluding hydrogens is 340 g/mol. The van der Waals surface area contributed by atoms with Gasteiger partial charge in [0.25, 0.3) is 0 Å². The molecule has 2 unspecified atom stereocenters. The number of nitrogens with zero attached hydrogens (tertiary/aromatic N) is 6. The molecule has 3 aromatic heterocycles. The number of rotatable bonds is 3. The van der Waals surface area contributed by atoms with Crippen LogP contribution in [-0.4, -0.2) is 47.1 Å². The molecule has 3 aromatic rings. The highest BCUT2D eigenvalue weighted by Gasteiger charge is 2.41. The van der Waals surface area contributed by atoms with E-state index < -0.39 is 6.09 Å². The third-order valence-electron chi connectivity index (χ3n) is 4.31. The first-order valence-electron chi connectivity index (χ1n) is 7.86. The molecule has 0 aliphatic carbocycles. The van der Waals surface area contributed by atoms with Crippen molar-refractivity contribution in [1.82, 2.24) is 29.4 Å². The number of amides is 1. The Morgan fingerprint density at radius 3 is 2.92 bits per heavy atom. The highest BCUT2D eigenvalue weighted by molar-refractivity contribution is 7.09. The Balaban J connectivity index is 1.80. The van der Waals surface area contributed by atoms with Gasteiger partial charge in [-0.2, -0.15) is 0 Å². The van der Waals surface area contributed by atoms with Gasteiger partial charge in [-0.25, -0.2) is 24.7 Å². The summed E-state index contributed by atoms with van der Waals surface area (Å²) < 4.78 is 1.72. The van der Waals surface area contributed by atoms with Gasteiger partial charge in [0.15, 0.2) is 0 Å². The minimum absolute atomic E-state index is 0.000960. The van der Waals surface area contributed by atoms with Gasteiger partial charge in [-0.1, -0.05) is 0 Å². The van der Waals surface area contributed by atoms with Crippen LogP contribution in [0.4, 0.5) is 4.79 Å². The average molecular weight is 356 g/mol. The number of hydrogen-bond acceptors (Lipinski definition) is 6. The monoisotopic (exact) mass is 356 g/mol. The van der Waals surface area contributed by atoms with Crippen LogP contribution in [0, 0.1) is 6.92 Å². The molecule has 1 N–H and O–H groups in total. The lowest BCUT2D eigenvalue weighted by Gasteiger charge is -2.25. The highest BCUT2D eigenvalue weighted by atomic mass is 32.1. The van der Waals surface area contributed by atoms with Crippen LogP contribution in [0.15, 0.2) is 36.4 Å². The third kappa shape index (κ3) is 2.86. The highest BCUT2D eigenvalue weighted by Crippen LogP contribution is 2.43. The second kappa shape index (κ2) is 6.25. The van der Waals surface area contributed by atoms with E-state index in [1.807, 2.05) is 18.4 Å². The molecule has 1 fully saturated rings. The normalized spacial score (nSPS) is 20.1. The predicted octanol–water partition coefficient (Wildman–Crippen LogP) is 2.64. The summed E-state index contributed by atoms with van der Waals surface area (Å²) in [4.78, 5) is 30.7. The Bertz CT molecular complexity index is 880. The van der Waals surface area contributed by atoms with Gasteiger partial charge in [0.1, 0.15) is 6.33 Å². The minimum Gasteiger partial charge on any atom is -0.465 e. The van der Waals surface area contributed by atoms with E-state index in [1.54, 1.807) is 40.8 Å². The summed E-state index contributed by atoms with van der Waals surface area (Å²) in [5.41, 5.74) is 1.47. The maximum Gasteiger partial charge on any atom is 0.407 e. The Labute approximate surface area is 147 Å². The summed E-state index contributed by atoms with van der Waals surface area (Å²) in [5.74, 6) is 0.490. The van der Waals surface area contributed by atoms with Crippen LogP contribution in [0.1, 0.15) is 34.8 Å². The number of aromatic nitrogens is 5. The van der Waals surface area contributed by atoms with Crippen LogP contribution in [0.2, 0.25) is 0 Å². The fourth-order valence-corrected chi connectivity index (χ4v) is 4.07. The van der Waals surface area contributed by atoms with Gasteiger partial charge < -0.3 is 5.11 Å². The topological polar surface area (TPSA) is 97.0 Å². The fraction of sp³-hybridized carbons (Fsp3) is 0.312. The van der Waals surface area contributed by atoms with Gasteiger partial charge in [0.05, 0.1) is 16.7 Å². The molecule has 9 heteroatoms. The first kappa shape index (κ1) is 15.7. The Hall–Kier alpha value is -2.81. The zero-order valence-electron chi connectivity index (χ0n) is 13.5. The lowest BCUT2D eigenvalue weighted by molar-refractivity contribution is 0.137. The van der Waals surface area contributed by atoms with E-state index in [0.717, 1.165) is 17.1 Å². The van der Waals surface area contributed by atoms with Crippen molar-refractivity contribution in [2.24, 2.45) is 0 Å². The van der Waals surface area contributed by atoms with Crippen molar-refractivity contribution in [2.45, 2.75) is 25.3 Å². The molecule has 0 aromatic carbocycles. The van der Waals surface area contributed by atoms with Crippen LogP contribution in [-0.2, 0) is 0 Å². The largest absolute Gasteiger partial charge is 0.465 e. The number of carboxylic acid groups (broad SMARTS) is 1. The van der Waals surface area contributed by atoms with E-state index >= 15 is 0 Å². The molecule has 0 saturated carbocycles. The first-order valence-corrected chi connectivity index (χ1v) is 8.74. The van der Waals surface area contributed by atoms with Crippen molar-refractivity contribution in [1.29, 1.82) is 0 Å². The summed E-state index contributed by atoms with van der Waals surface area (Å²) in [6.45, 7) is 2.35. The fourth-order valence-electron chi connectivity index (χ4n) is 3.27. The van der Waals surface area contributed by atoms with Crippen LogP contribution < -0.4 is 0 Å². The Morgan fingerprint density at radius 1 is 1.36 bits per heavy atom. The molecule has 0 radical (unpaired) electrons. The molecular formula is C16H16N6O2S. The molecule has 4 heterocycles. The van der Waals surface area contributed by atoms with E-state index in [-0.39, 0.29) is 12.0 Å². The Kier molecular flexibility index (Phi) is 3.92. The lowest BCUT2D eigenvalue weighted by atomic mass is 9.97. The minimum atomic E-state index is -0.940. The van der Waals surface area contributed by atoms with E-state index in [0.29, 0.717) is 18.2 Å². The molecule has 128 valence electrons. The molecule has 4 rings (SSSR count). The molecule has 0 bridgehead atoms. The van der Waals surface area contributed by atoms with Crippen molar-refractivity contribution in [3.8, 4) is 5.95 Å². The van der Waals surface area contributed by atoms with Crippen molar-refractivity contribution in [2.75, 3.05) is 6.54 Å². The van der Waals surface area contributed by atoms with E-state index in [9.17, 15) is 9.90 Å². The van der Waals surface area contributed by atoms with Gasteiger partial charge in [0, 0.05) is 42.1 Å². The number of aryl methyl sites for hydroxylation is 1. The molecule has 1 aliphatic heterocycles. The molecule has 0 spiro atoms. The van der Waals surface area contributed by atoms with Crippen LogP contribution in [0.5, 0.6) is 0 Å². The van der Waals surface area contributed by atoms with E-state index in [2.05, 4.69) is 19.9 Å². The Morgan fingerprint density at radius 2 is 2.24 bits per heavy atom. The number of imidazole rings is 1. The molecule has 2 atom stereocenters. The lowest BCUT2D eigenvalue weighted by Crippen LogP contribution is -2.31. The predicted molar refractivity (Wildman–Crippen MR) is 90.8 cm³/mol. The molecule has 1 aliphatic rings. The van der Waals surface area contributed by atoms with E-state index in [4.69, 9.17) is 0 Å². The second-order valence-electron chi connectivity index (χ2n) is 5.89. The van der Waals surface area contributed by atoms with Crippen LogP contribution in [0.25, 0.3) is 5.95 Å². The maximum atomic E-state index is 11.7. The summed E-state index contributed by atoms with van der Waals surface area (Å²) in [6.07, 6.45) is 6.59. The van der Waals surface area contributed by atoms with Gasteiger partial charge in [0.2, 0.25) is 5.95 Å².